The summed E-state index contributed by atoms with van der Waals surface area (Å²) in [5.41, 5.74) is 4.58. The van der Waals surface area contributed by atoms with Crippen LogP contribution in [0.3, 0.4) is 0 Å². The second-order valence-corrected chi connectivity index (χ2v) is 2.29. The van der Waals surface area contributed by atoms with Gasteiger partial charge in [0.25, 0.3) is 5.91 Å². The van der Waals surface area contributed by atoms with E-state index in [-0.39, 0.29) is 11.9 Å². The maximum absolute atomic E-state index is 10.3. The highest BCUT2D eigenvalue weighted by Gasteiger charge is 2.79. The molecule has 1 saturated carbocycles. The molecule has 2 aliphatic rings. The van der Waals surface area contributed by atoms with Gasteiger partial charge in [0, 0.05) is 0 Å². The van der Waals surface area contributed by atoms with Crippen LogP contribution in [0.1, 0.15) is 0 Å². The Morgan fingerprint density at radius 3 is 2.25 bits per heavy atom. The van der Waals surface area contributed by atoms with E-state index in [2.05, 4.69) is 5.32 Å². The molecule has 1 saturated heterocycles. The molecule has 0 aromatic rings. The molecule has 3 unspecified atom stereocenters. The Morgan fingerprint density at radius 2 is 2.25 bits per heavy atom. The van der Waals surface area contributed by atoms with Crippen molar-refractivity contribution >= 4 is 5.91 Å². The number of carbonyl (C=O) groups is 1. The molecule has 8 heavy (non-hydrogen) atoms. The molecule has 0 aromatic carbocycles. The third kappa shape index (κ3) is 0.207. The number of hydrogen-bond acceptors (Lipinski definition) is 3. The van der Waals surface area contributed by atoms with E-state index in [9.17, 15) is 4.79 Å². The van der Waals surface area contributed by atoms with E-state index in [0.717, 1.165) is 0 Å². The normalized spacial score (nSPS) is 58.5. The van der Waals surface area contributed by atoms with Crippen LogP contribution >= 0.6 is 0 Å². The standard InChI is InChI=1S/C4H6N2O2/c5-1-2(7)4(1)3(8)6-4/h1-2,7H,5H2,(H,6,8). The van der Waals surface area contributed by atoms with E-state index in [1.807, 2.05) is 0 Å². The van der Waals surface area contributed by atoms with Gasteiger partial charge in [-0.3, -0.25) is 4.79 Å². The first-order chi connectivity index (χ1) is 3.69. The fourth-order valence-corrected chi connectivity index (χ4v) is 0.995. The van der Waals surface area contributed by atoms with Gasteiger partial charge >= 0.3 is 0 Å². The van der Waals surface area contributed by atoms with E-state index in [0.29, 0.717) is 0 Å². The molecule has 1 spiro atoms. The quantitative estimate of drug-likeness (QED) is 0.306. The van der Waals surface area contributed by atoms with Gasteiger partial charge in [-0.1, -0.05) is 0 Å². The summed E-state index contributed by atoms with van der Waals surface area (Å²) >= 11 is 0. The highest BCUT2D eigenvalue weighted by Crippen LogP contribution is 2.43. The molecule has 1 aliphatic heterocycles. The second-order valence-electron chi connectivity index (χ2n) is 2.29. The topological polar surface area (TPSA) is 85.3 Å². The van der Waals surface area contributed by atoms with Crippen LogP contribution in [0.25, 0.3) is 0 Å². The molecule has 2 rings (SSSR count). The van der Waals surface area contributed by atoms with E-state index >= 15 is 0 Å². The average molecular weight is 114 g/mol. The van der Waals surface area contributed by atoms with Crippen LogP contribution in [0.2, 0.25) is 0 Å². The van der Waals surface area contributed by atoms with Crippen molar-refractivity contribution in [2.75, 3.05) is 0 Å². The Labute approximate surface area is 45.7 Å². The predicted molar refractivity (Wildman–Crippen MR) is 24.9 cm³/mol. The largest absolute Gasteiger partial charge is 0.388 e. The van der Waals surface area contributed by atoms with Gasteiger partial charge in [0.15, 0.2) is 5.54 Å². The van der Waals surface area contributed by atoms with Gasteiger partial charge in [-0.05, 0) is 0 Å². The highest BCUT2D eigenvalue weighted by atomic mass is 16.3. The zero-order valence-corrected chi connectivity index (χ0v) is 4.09. The van der Waals surface area contributed by atoms with E-state index < -0.39 is 11.6 Å². The Kier molecular flexibility index (Phi) is 0.420. The minimum absolute atomic E-state index is 0.113. The molecule has 3 atom stereocenters. The molecular formula is C4H6N2O2. The summed E-state index contributed by atoms with van der Waals surface area (Å²) in [6.45, 7) is 0. The van der Waals surface area contributed by atoms with Crippen LogP contribution in [-0.4, -0.2) is 28.7 Å². The monoisotopic (exact) mass is 114 g/mol. The van der Waals surface area contributed by atoms with Crippen LogP contribution in [0, 0.1) is 0 Å². The molecule has 44 valence electrons. The summed E-state index contributed by atoms with van der Waals surface area (Å²) in [5.74, 6) is -0.113. The molecule has 4 N–H and O–H groups in total. The first-order valence-electron chi connectivity index (χ1n) is 2.46. The Hall–Kier alpha value is -0.610. The highest BCUT2D eigenvalue weighted by molar-refractivity contribution is 6.08. The Morgan fingerprint density at radius 1 is 1.88 bits per heavy atom. The van der Waals surface area contributed by atoms with Gasteiger partial charge in [0.2, 0.25) is 0 Å². The van der Waals surface area contributed by atoms with Crippen molar-refractivity contribution in [3.05, 3.63) is 0 Å². The van der Waals surface area contributed by atoms with Crippen LogP contribution in [-0.2, 0) is 4.79 Å². The molecule has 4 heteroatoms. The minimum Gasteiger partial charge on any atom is -0.388 e. The van der Waals surface area contributed by atoms with Crippen molar-refractivity contribution in [2.45, 2.75) is 17.7 Å². The lowest BCUT2D eigenvalue weighted by Crippen LogP contribution is -2.09. The van der Waals surface area contributed by atoms with E-state index in [1.54, 1.807) is 0 Å². The smallest absolute Gasteiger partial charge is 0.251 e. The van der Waals surface area contributed by atoms with Gasteiger partial charge in [0.1, 0.15) is 6.10 Å². The Balaban J connectivity index is 2.24. The van der Waals surface area contributed by atoms with Crippen molar-refractivity contribution in [3.63, 3.8) is 0 Å². The molecule has 1 aliphatic carbocycles. The van der Waals surface area contributed by atoms with Crippen LogP contribution in [0.5, 0.6) is 0 Å². The first kappa shape index (κ1) is 4.29. The van der Waals surface area contributed by atoms with E-state index in [1.165, 1.54) is 0 Å². The number of hydrogen-bond donors (Lipinski definition) is 3. The number of aliphatic hydroxyl groups is 1. The van der Waals surface area contributed by atoms with Crippen molar-refractivity contribution < 1.29 is 9.90 Å². The summed E-state index contributed by atoms with van der Waals surface area (Å²) < 4.78 is 0. The molecule has 0 radical (unpaired) electrons. The fraction of sp³-hybridized carbons (Fsp3) is 0.750. The van der Waals surface area contributed by atoms with Gasteiger partial charge in [0.05, 0.1) is 6.04 Å². The first-order valence-corrected chi connectivity index (χ1v) is 2.46. The Bertz CT molecular complexity index is 159. The molecule has 2 fully saturated rings. The summed E-state index contributed by atoms with van der Waals surface area (Å²) in [4.78, 5) is 10.3. The second kappa shape index (κ2) is 0.784. The number of rotatable bonds is 0. The summed E-state index contributed by atoms with van der Waals surface area (Å²) in [7, 11) is 0. The lowest BCUT2D eigenvalue weighted by Gasteiger charge is -1.67. The molecular weight excluding hydrogens is 108 g/mol. The van der Waals surface area contributed by atoms with E-state index in [4.69, 9.17) is 10.8 Å². The maximum Gasteiger partial charge on any atom is 0.251 e. The number of nitrogens with two attached hydrogens (primary N) is 1. The minimum atomic E-state index is -0.681. The van der Waals surface area contributed by atoms with Gasteiger partial charge in [-0.2, -0.15) is 0 Å². The van der Waals surface area contributed by atoms with Gasteiger partial charge < -0.3 is 16.2 Å². The summed E-state index contributed by atoms with van der Waals surface area (Å²) in [6.07, 6.45) is -0.630. The zero-order chi connectivity index (χ0) is 5.94. The SMILES string of the molecule is NC1C(O)C12NC2=O. The number of nitrogens with one attached hydrogen (secondary N) is 1. The van der Waals surface area contributed by atoms with Crippen molar-refractivity contribution in [3.8, 4) is 0 Å². The number of aliphatic hydroxyl groups excluding tert-OH is 1. The van der Waals surface area contributed by atoms with Crippen molar-refractivity contribution in [2.24, 2.45) is 5.73 Å². The number of amides is 1. The lowest BCUT2D eigenvalue weighted by molar-refractivity contribution is -0.111. The van der Waals surface area contributed by atoms with Crippen LogP contribution < -0.4 is 11.1 Å². The average Bonchev–Trinajstić information content (AvgIpc) is 2.47. The fourth-order valence-electron chi connectivity index (χ4n) is 0.995. The van der Waals surface area contributed by atoms with Crippen LogP contribution in [0.15, 0.2) is 0 Å². The van der Waals surface area contributed by atoms with Crippen molar-refractivity contribution in [1.82, 2.24) is 5.32 Å². The van der Waals surface area contributed by atoms with Gasteiger partial charge in [-0.15, -0.1) is 0 Å². The third-order valence-corrected chi connectivity index (χ3v) is 1.86. The summed E-state index contributed by atoms with van der Waals surface area (Å²) in [6, 6.07) is -0.352. The van der Waals surface area contributed by atoms with Crippen molar-refractivity contribution in [1.29, 1.82) is 0 Å². The van der Waals surface area contributed by atoms with Gasteiger partial charge in [-0.25, -0.2) is 0 Å². The third-order valence-electron chi connectivity index (χ3n) is 1.86. The molecule has 4 nitrogen and oxygen atoms in total. The lowest BCUT2D eigenvalue weighted by atomic mass is 10.4. The molecule has 1 amide bonds. The van der Waals surface area contributed by atoms with Crippen LogP contribution in [0.4, 0.5) is 0 Å². The number of carbonyl (C=O) groups excluding carboxylic acids is 1. The summed E-state index contributed by atoms with van der Waals surface area (Å²) in [5, 5.41) is 11.3. The predicted octanol–water partition coefficient (Wildman–Crippen LogP) is -2.44. The maximum atomic E-state index is 10.3. The zero-order valence-electron chi connectivity index (χ0n) is 4.09. The molecule has 1 heterocycles. The molecule has 0 aromatic heterocycles. The molecule has 0 bridgehead atoms.